The van der Waals surface area contributed by atoms with Crippen molar-refractivity contribution in [1.82, 2.24) is 9.80 Å². The second-order valence-corrected chi connectivity index (χ2v) is 7.32. The number of hydrogen-bond acceptors (Lipinski definition) is 4. The first-order valence-corrected chi connectivity index (χ1v) is 9.52. The number of piperazine rings is 1. The van der Waals surface area contributed by atoms with E-state index in [4.69, 9.17) is 10.5 Å². The standard InChI is InChI=1S/C20H29N3O3/c1-26-18-7-2-15(3-8-18)4-9-19(24)22-10-12-23(13-11-22)20(25)16-5-6-17(21)14-16/h2-3,7-8,16-17H,4-6,9-14,21H2,1H3. The van der Waals surface area contributed by atoms with Gasteiger partial charge in [0.05, 0.1) is 7.11 Å². The van der Waals surface area contributed by atoms with Crippen molar-refractivity contribution >= 4 is 11.8 Å². The zero-order valence-corrected chi connectivity index (χ0v) is 15.5. The minimum atomic E-state index is 0.0855. The van der Waals surface area contributed by atoms with E-state index in [1.54, 1.807) is 7.11 Å². The van der Waals surface area contributed by atoms with Gasteiger partial charge in [-0.2, -0.15) is 0 Å². The lowest BCUT2D eigenvalue weighted by Crippen LogP contribution is -2.51. The number of rotatable bonds is 5. The van der Waals surface area contributed by atoms with E-state index in [1.807, 2.05) is 34.1 Å². The van der Waals surface area contributed by atoms with Crippen molar-refractivity contribution in [1.29, 1.82) is 0 Å². The maximum absolute atomic E-state index is 12.5. The van der Waals surface area contributed by atoms with Crippen LogP contribution >= 0.6 is 0 Å². The quantitative estimate of drug-likeness (QED) is 0.863. The molecule has 1 saturated carbocycles. The van der Waals surface area contributed by atoms with E-state index in [0.717, 1.165) is 37.0 Å². The third-order valence-electron chi connectivity index (χ3n) is 5.55. The van der Waals surface area contributed by atoms with Gasteiger partial charge in [0, 0.05) is 44.6 Å². The molecule has 2 aliphatic rings. The van der Waals surface area contributed by atoms with Crippen molar-refractivity contribution in [2.45, 2.75) is 38.1 Å². The Morgan fingerprint density at radius 2 is 1.73 bits per heavy atom. The molecule has 1 aliphatic carbocycles. The van der Waals surface area contributed by atoms with Crippen LogP contribution in [0.2, 0.25) is 0 Å². The first-order valence-electron chi connectivity index (χ1n) is 9.52. The van der Waals surface area contributed by atoms with Crippen LogP contribution in [-0.2, 0) is 16.0 Å². The van der Waals surface area contributed by atoms with Crippen molar-refractivity contribution in [2.75, 3.05) is 33.3 Å². The lowest BCUT2D eigenvalue weighted by molar-refractivity contribution is -0.142. The van der Waals surface area contributed by atoms with E-state index in [1.165, 1.54) is 0 Å². The Balaban J connectivity index is 1.42. The van der Waals surface area contributed by atoms with E-state index >= 15 is 0 Å². The summed E-state index contributed by atoms with van der Waals surface area (Å²) in [6, 6.07) is 7.99. The Morgan fingerprint density at radius 3 is 2.31 bits per heavy atom. The third-order valence-corrected chi connectivity index (χ3v) is 5.55. The molecule has 3 rings (SSSR count). The Labute approximate surface area is 155 Å². The molecule has 0 radical (unpaired) electrons. The summed E-state index contributed by atoms with van der Waals surface area (Å²) in [6.07, 6.45) is 3.88. The van der Waals surface area contributed by atoms with Gasteiger partial charge in [-0.3, -0.25) is 9.59 Å². The predicted octanol–water partition coefficient (Wildman–Crippen LogP) is 1.43. The third kappa shape index (κ3) is 4.55. The zero-order chi connectivity index (χ0) is 18.5. The van der Waals surface area contributed by atoms with Crippen molar-refractivity contribution in [3.05, 3.63) is 29.8 Å². The topological polar surface area (TPSA) is 75.9 Å². The first-order chi connectivity index (χ1) is 12.6. The number of hydrogen-bond donors (Lipinski definition) is 1. The summed E-state index contributed by atoms with van der Waals surface area (Å²) in [5.41, 5.74) is 7.05. The van der Waals surface area contributed by atoms with Crippen LogP contribution in [0.1, 0.15) is 31.2 Å². The van der Waals surface area contributed by atoms with Gasteiger partial charge in [0.25, 0.3) is 0 Å². The highest BCUT2D eigenvalue weighted by molar-refractivity contribution is 5.80. The number of carbonyl (C=O) groups is 2. The Hall–Kier alpha value is -2.08. The molecule has 1 aromatic rings. The van der Waals surface area contributed by atoms with E-state index in [2.05, 4.69) is 0 Å². The van der Waals surface area contributed by atoms with Crippen molar-refractivity contribution in [3.63, 3.8) is 0 Å². The van der Waals surface area contributed by atoms with Crippen molar-refractivity contribution < 1.29 is 14.3 Å². The average Bonchev–Trinajstić information content (AvgIpc) is 3.12. The summed E-state index contributed by atoms with van der Waals surface area (Å²) in [6.45, 7) is 2.54. The fourth-order valence-corrected chi connectivity index (χ4v) is 3.88. The molecule has 6 heteroatoms. The summed E-state index contributed by atoms with van der Waals surface area (Å²) >= 11 is 0. The summed E-state index contributed by atoms with van der Waals surface area (Å²) in [4.78, 5) is 28.8. The highest BCUT2D eigenvalue weighted by Gasteiger charge is 2.32. The fourth-order valence-electron chi connectivity index (χ4n) is 3.88. The summed E-state index contributed by atoms with van der Waals surface area (Å²) in [7, 11) is 1.64. The number of ether oxygens (including phenoxy) is 1. The Kier molecular flexibility index (Phi) is 6.14. The molecular weight excluding hydrogens is 330 g/mol. The lowest BCUT2D eigenvalue weighted by Gasteiger charge is -2.36. The number of amides is 2. The highest BCUT2D eigenvalue weighted by Crippen LogP contribution is 2.26. The highest BCUT2D eigenvalue weighted by atomic mass is 16.5. The first kappa shape index (κ1) is 18.7. The van der Waals surface area contributed by atoms with Crippen LogP contribution in [0.25, 0.3) is 0 Å². The molecule has 1 aliphatic heterocycles. The van der Waals surface area contributed by atoms with Crippen molar-refractivity contribution in [3.8, 4) is 5.75 Å². The number of nitrogens with two attached hydrogens (primary N) is 1. The van der Waals surface area contributed by atoms with Gasteiger partial charge in [-0.05, 0) is 43.4 Å². The average molecular weight is 359 g/mol. The van der Waals surface area contributed by atoms with Crippen LogP contribution in [0.5, 0.6) is 5.75 Å². The molecule has 2 N–H and O–H groups in total. The summed E-state index contributed by atoms with van der Waals surface area (Å²) < 4.78 is 5.15. The van der Waals surface area contributed by atoms with Crippen LogP contribution in [0.3, 0.4) is 0 Å². The minimum Gasteiger partial charge on any atom is -0.497 e. The van der Waals surface area contributed by atoms with Gasteiger partial charge in [-0.15, -0.1) is 0 Å². The number of aryl methyl sites for hydroxylation is 1. The van der Waals surface area contributed by atoms with E-state index in [-0.39, 0.29) is 23.8 Å². The summed E-state index contributed by atoms with van der Waals surface area (Å²) in [5, 5.41) is 0. The molecule has 1 heterocycles. The zero-order valence-electron chi connectivity index (χ0n) is 15.5. The lowest BCUT2D eigenvalue weighted by atomic mass is 10.1. The molecule has 2 amide bonds. The number of methoxy groups -OCH3 is 1. The van der Waals surface area contributed by atoms with Crippen molar-refractivity contribution in [2.24, 2.45) is 11.7 Å². The SMILES string of the molecule is COc1ccc(CCC(=O)N2CCN(C(=O)C3CCC(N)C3)CC2)cc1. The number of benzene rings is 1. The van der Waals surface area contributed by atoms with Gasteiger partial charge in [0.1, 0.15) is 5.75 Å². The summed E-state index contributed by atoms with van der Waals surface area (Å²) in [5.74, 6) is 1.30. The van der Waals surface area contributed by atoms with Gasteiger partial charge >= 0.3 is 0 Å². The molecule has 2 unspecified atom stereocenters. The van der Waals surface area contributed by atoms with Crippen LogP contribution in [0, 0.1) is 5.92 Å². The van der Waals surface area contributed by atoms with Gasteiger partial charge in [-0.1, -0.05) is 12.1 Å². The predicted molar refractivity (Wildman–Crippen MR) is 99.8 cm³/mol. The number of carbonyl (C=O) groups excluding carboxylic acids is 2. The van der Waals surface area contributed by atoms with Crippen LogP contribution in [0.4, 0.5) is 0 Å². The maximum Gasteiger partial charge on any atom is 0.225 e. The number of nitrogens with zero attached hydrogens (tertiary/aromatic N) is 2. The van der Waals surface area contributed by atoms with E-state index in [9.17, 15) is 9.59 Å². The van der Waals surface area contributed by atoms with Crippen LogP contribution < -0.4 is 10.5 Å². The smallest absolute Gasteiger partial charge is 0.225 e. The molecule has 0 aromatic heterocycles. The molecule has 6 nitrogen and oxygen atoms in total. The second kappa shape index (κ2) is 8.54. The maximum atomic E-state index is 12.5. The molecular formula is C20H29N3O3. The molecule has 0 bridgehead atoms. The fraction of sp³-hybridized carbons (Fsp3) is 0.600. The minimum absolute atomic E-state index is 0.0855. The molecule has 1 saturated heterocycles. The van der Waals surface area contributed by atoms with E-state index in [0.29, 0.717) is 32.6 Å². The molecule has 2 atom stereocenters. The normalized spacial score (nSPS) is 23.2. The Bertz CT molecular complexity index is 624. The van der Waals surface area contributed by atoms with E-state index < -0.39 is 0 Å². The van der Waals surface area contributed by atoms with Gasteiger partial charge in [0.15, 0.2) is 0 Å². The molecule has 142 valence electrons. The molecule has 2 fully saturated rings. The molecule has 0 spiro atoms. The van der Waals surface area contributed by atoms with Gasteiger partial charge < -0.3 is 20.3 Å². The largest absolute Gasteiger partial charge is 0.497 e. The van der Waals surface area contributed by atoms with Crippen LogP contribution in [-0.4, -0.2) is 60.9 Å². The van der Waals surface area contributed by atoms with Crippen LogP contribution in [0.15, 0.2) is 24.3 Å². The van der Waals surface area contributed by atoms with Gasteiger partial charge in [-0.25, -0.2) is 0 Å². The van der Waals surface area contributed by atoms with Gasteiger partial charge in [0.2, 0.25) is 11.8 Å². The molecule has 26 heavy (non-hydrogen) atoms. The Morgan fingerprint density at radius 1 is 1.08 bits per heavy atom. The monoisotopic (exact) mass is 359 g/mol. The molecule has 1 aromatic carbocycles. The second-order valence-electron chi connectivity index (χ2n) is 7.32.